The summed E-state index contributed by atoms with van der Waals surface area (Å²) in [4.78, 5) is 20.9. The van der Waals surface area contributed by atoms with Crippen LogP contribution in [-0.4, -0.2) is 34.7 Å². The van der Waals surface area contributed by atoms with E-state index in [1.165, 1.54) is 0 Å². The molecule has 0 fully saturated rings. The molecule has 3 rings (SSSR count). The minimum absolute atomic E-state index is 0.157. The second-order valence-electron chi connectivity index (χ2n) is 6.22. The zero-order chi connectivity index (χ0) is 19.9. The van der Waals surface area contributed by atoms with Crippen LogP contribution in [-0.2, 0) is 13.0 Å². The Morgan fingerprint density at radius 1 is 1.11 bits per heavy atom. The Hall–Kier alpha value is -3.42. The van der Waals surface area contributed by atoms with Crippen molar-refractivity contribution in [2.24, 2.45) is 0 Å². The number of carbonyl (C=O) groups is 1. The van der Waals surface area contributed by atoms with Gasteiger partial charge in [0, 0.05) is 36.5 Å². The molecule has 0 unspecified atom stereocenters. The van der Waals surface area contributed by atoms with Gasteiger partial charge in [-0.15, -0.1) is 0 Å². The number of amides is 1. The summed E-state index contributed by atoms with van der Waals surface area (Å²) in [6.45, 7) is 4.40. The Labute approximate surface area is 162 Å². The Morgan fingerprint density at radius 2 is 1.86 bits per heavy atom. The Kier molecular flexibility index (Phi) is 6.21. The van der Waals surface area contributed by atoms with E-state index in [4.69, 9.17) is 14.0 Å². The summed E-state index contributed by atoms with van der Waals surface area (Å²) in [7, 11) is 1.59. The molecule has 0 aliphatic carbocycles. The molecular weight excluding hydrogens is 360 g/mol. The van der Waals surface area contributed by atoms with Crippen LogP contribution in [0.5, 0.6) is 11.5 Å². The zero-order valence-corrected chi connectivity index (χ0v) is 16.1. The Morgan fingerprint density at radius 3 is 2.61 bits per heavy atom. The summed E-state index contributed by atoms with van der Waals surface area (Å²) in [5.41, 5.74) is 2.02. The van der Waals surface area contributed by atoms with Crippen molar-refractivity contribution < 1.29 is 18.8 Å². The van der Waals surface area contributed by atoms with Crippen LogP contribution in [0.4, 0.5) is 0 Å². The minimum atomic E-state index is -0.319. The average Bonchev–Trinajstić information content (AvgIpc) is 3.15. The normalized spacial score (nSPS) is 10.5. The first-order valence-corrected chi connectivity index (χ1v) is 8.85. The van der Waals surface area contributed by atoms with Crippen LogP contribution in [0, 0.1) is 13.8 Å². The Bertz CT molecular complexity index is 935. The molecule has 0 saturated heterocycles. The van der Waals surface area contributed by atoms with Gasteiger partial charge in [-0.3, -0.25) is 4.79 Å². The quantitative estimate of drug-likeness (QED) is 0.639. The third-order valence-electron chi connectivity index (χ3n) is 3.88. The maximum atomic E-state index is 12.2. The highest BCUT2D eigenvalue weighted by molar-refractivity contribution is 5.92. The van der Waals surface area contributed by atoms with Crippen molar-refractivity contribution in [3.05, 3.63) is 65.1 Å². The summed E-state index contributed by atoms with van der Waals surface area (Å²) in [6.07, 6.45) is 0.540. The number of hydrogen-bond acceptors (Lipinski definition) is 7. The van der Waals surface area contributed by atoms with Gasteiger partial charge >= 0.3 is 0 Å². The molecule has 0 bridgehead atoms. The SMILES string of the molecule is COc1cccc(OCc2cc(C(=O)NCCc3nc(C)cc(C)n3)no2)c1. The lowest BCUT2D eigenvalue weighted by Crippen LogP contribution is -2.26. The van der Waals surface area contributed by atoms with Crippen molar-refractivity contribution in [1.29, 1.82) is 0 Å². The third-order valence-corrected chi connectivity index (χ3v) is 3.88. The van der Waals surface area contributed by atoms with Gasteiger partial charge in [0.15, 0.2) is 11.5 Å². The lowest BCUT2D eigenvalue weighted by Gasteiger charge is -2.05. The van der Waals surface area contributed by atoms with E-state index in [0.717, 1.165) is 11.4 Å². The van der Waals surface area contributed by atoms with Gasteiger partial charge in [-0.2, -0.15) is 0 Å². The van der Waals surface area contributed by atoms with Crippen molar-refractivity contribution in [2.75, 3.05) is 13.7 Å². The molecule has 8 heteroatoms. The molecule has 3 aromatic rings. The summed E-state index contributed by atoms with van der Waals surface area (Å²) >= 11 is 0. The number of hydrogen-bond donors (Lipinski definition) is 1. The van der Waals surface area contributed by atoms with Gasteiger partial charge in [-0.1, -0.05) is 11.2 Å². The highest BCUT2D eigenvalue weighted by atomic mass is 16.5. The van der Waals surface area contributed by atoms with E-state index in [9.17, 15) is 4.79 Å². The van der Waals surface area contributed by atoms with E-state index in [1.807, 2.05) is 38.1 Å². The molecule has 1 N–H and O–H groups in total. The minimum Gasteiger partial charge on any atom is -0.497 e. The van der Waals surface area contributed by atoms with Crippen molar-refractivity contribution in [1.82, 2.24) is 20.4 Å². The second-order valence-corrected chi connectivity index (χ2v) is 6.22. The predicted molar refractivity (Wildman–Crippen MR) is 101 cm³/mol. The molecule has 28 heavy (non-hydrogen) atoms. The molecule has 1 aromatic carbocycles. The number of aryl methyl sites for hydroxylation is 2. The molecule has 1 amide bonds. The van der Waals surface area contributed by atoms with Crippen molar-refractivity contribution in [3.8, 4) is 11.5 Å². The molecule has 0 aliphatic rings. The van der Waals surface area contributed by atoms with E-state index in [2.05, 4.69) is 20.4 Å². The van der Waals surface area contributed by atoms with Crippen LogP contribution < -0.4 is 14.8 Å². The van der Waals surface area contributed by atoms with E-state index in [1.54, 1.807) is 19.2 Å². The van der Waals surface area contributed by atoms with Gasteiger partial charge in [0.1, 0.15) is 23.9 Å². The van der Waals surface area contributed by atoms with E-state index < -0.39 is 0 Å². The summed E-state index contributed by atoms with van der Waals surface area (Å²) in [6, 6.07) is 10.7. The fourth-order valence-electron chi connectivity index (χ4n) is 2.62. The molecule has 0 spiro atoms. The van der Waals surface area contributed by atoms with E-state index in [0.29, 0.717) is 36.0 Å². The Balaban J connectivity index is 1.49. The van der Waals surface area contributed by atoms with Gasteiger partial charge in [0.05, 0.1) is 7.11 Å². The first kappa shape index (κ1) is 19.3. The molecular formula is C20H22N4O4. The summed E-state index contributed by atoms with van der Waals surface area (Å²) in [5.74, 6) is 2.16. The van der Waals surface area contributed by atoms with Crippen molar-refractivity contribution in [3.63, 3.8) is 0 Å². The predicted octanol–water partition coefficient (Wildman–Crippen LogP) is 2.64. The molecule has 0 saturated carbocycles. The topological polar surface area (TPSA) is 99.4 Å². The molecule has 0 atom stereocenters. The molecule has 0 aliphatic heterocycles. The fraction of sp³-hybridized carbons (Fsp3) is 0.300. The van der Waals surface area contributed by atoms with Crippen molar-refractivity contribution >= 4 is 5.91 Å². The lowest BCUT2D eigenvalue weighted by molar-refractivity contribution is 0.0944. The molecule has 8 nitrogen and oxygen atoms in total. The number of aromatic nitrogens is 3. The number of rotatable bonds is 8. The van der Waals surface area contributed by atoms with Crippen LogP contribution >= 0.6 is 0 Å². The monoisotopic (exact) mass is 382 g/mol. The molecule has 0 radical (unpaired) electrons. The fourth-order valence-corrected chi connectivity index (χ4v) is 2.62. The van der Waals surface area contributed by atoms with Gasteiger partial charge in [-0.05, 0) is 32.0 Å². The van der Waals surface area contributed by atoms with Crippen LogP contribution in [0.2, 0.25) is 0 Å². The summed E-state index contributed by atoms with van der Waals surface area (Å²) < 4.78 is 15.9. The van der Waals surface area contributed by atoms with Gasteiger partial charge in [-0.25, -0.2) is 9.97 Å². The van der Waals surface area contributed by atoms with Gasteiger partial charge in [0.2, 0.25) is 0 Å². The highest BCUT2D eigenvalue weighted by Gasteiger charge is 2.13. The second kappa shape index (κ2) is 8.98. The maximum absolute atomic E-state index is 12.2. The smallest absolute Gasteiger partial charge is 0.273 e. The number of nitrogens with zero attached hydrogens (tertiary/aromatic N) is 3. The number of benzene rings is 1. The maximum Gasteiger partial charge on any atom is 0.273 e. The number of carbonyl (C=O) groups excluding carboxylic acids is 1. The third kappa shape index (κ3) is 5.29. The van der Waals surface area contributed by atoms with Crippen molar-refractivity contribution in [2.45, 2.75) is 26.9 Å². The molecule has 2 aromatic heterocycles. The first-order valence-electron chi connectivity index (χ1n) is 8.85. The van der Waals surface area contributed by atoms with Gasteiger partial charge < -0.3 is 19.3 Å². The van der Waals surface area contributed by atoms with Crippen LogP contribution in [0.25, 0.3) is 0 Å². The highest BCUT2D eigenvalue weighted by Crippen LogP contribution is 2.20. The van der Waals surface area contributed by atoms with E-state index in [-0.39, 0.29) is 18.2 Å². The summed E-state index contributed by atoms with van der Waals surface area (Å²) in [5, 5.41) is 6.58. The number of methoxy groups -OCH3 is 1. The average molecular weight is 382 g/mol. The standard InChI is InChI=1S/C20H22N4O4/c1-13-9-14(2)23-19(22-13)7-8-21-20(25)18-11-17(28-24-18)12-27-16-6-4-5-15(10-16)26-3/h4-6,9-11H,7-8,12H2,1-3H3,(H,21,25). The van der Waals surface area contributed by atoms with Crippen LogP contribution in [0.3, 0.4) is 0 Å². The molecule has 2 heterocycles. The van der Waals surface area contributed by atoms with E-state index >= 15 is 0 Å². The number of ether oxygens (including phenoxy) is 2. The van der Waals surface area contributed by atoms with Crippen LogP contribution in [0.1, 0.15) is 33.5 Å². The zero-order valence-electron chi connectivity index (χ0n) is 16.1. The van der Waals surface area contributed by atoms with Crippen LogP contribution in [0.15, 0.2) is 40.9 Å². The first-order chi connectivity index (χ1) is 13.5. The lowest BCUT2D eigenvalue weighted by atomic mass is 10.3. The largest absolute Gasteiger partial charge is 0.497 e. The molecule has 146 valence electrons. The number of nitrogens with one attached hydrogen (secondary N) is 1. The van der Waals surface area contributed by atoms with Gasteiger partial charge in [0.25, 0.3) is 5.91 Å².